The lowest BCUT2D eigenvalue weighted by Crippen LogP contribution is -2.53. The van der Waals surface area contributed by atoms with Crippen molar-refractivity contribution >= 4 is 11.9 Å². The van der Waals surface area contributed by atoms with Crippen molar-refractivity contribution < 1.29 is 14.3 Å². The number of hydrogen-bond donors (Lipinski definition) is 1. The molecule has 2 heterocycles. The first-order valence-electron chi connectivity index (χ1n) is 8.64. The average molecular weight is 331 g/mol. The van der Waals surface area contributed by atoms with Crippen molar-refractivity contribution in [1.82, 2.24) is 15.1 Å². The second kappa shape index (κ2) is 7.66. The summed E-state index contributed by atoms with van der Waals surface area (Å²) in [5.74, 6) is 0.0486. The van der Waals surface area contributed by atoms with Crippen LogP contribution in [-0.4, -0.2) is 67.2 Å². The van der Waals surface area contributed by atoms with Crippen LogP contribution in [0.3, 0.4) is 0 Å². The van der Waals surface area contributed by atoms with E-state index in [9.17, 15) is 9.59 Å². The number of amides is 3. The van der Waals surface area contributed by atoms with E-state index >= 15 is 0 Å². The summed E-state index contributed by atoms with van der Waals surface area (Å²) in [5.41, 5.74) is 1.73. The zero-order chi connectivity index (χ0) is 16.9. The number of benzene rings is 1. The zero-order valence-corrected chi connectivity index (χ0v) is 14.2. The molecule has 3 rings (SSSR count). The minimum Gasteiger partial charge on any atom is -0.376 e. The van der Waals surface area contributed by atoms with Crippen LogP contribution in [0.25, 0.3) is 0 Å². The largest absolute Gasteiger partial charge is 0.376 e. The first-order valence-corrected chi connectivity index (χ1v) is 8.64. The molecule has 0 saturated carbocycles. The van der Waals surface area contributed by atoms with E-state index in [1.54, 1.807) is 4.90 Å². The third-order valence-electron chi connectivity index (χ3n) is 4.73. The highest BCUT2D eigenvalue weighted by molar-refractivity contribution is 5.95. The number of urea groups is 1. The fourth-order valence-corrected chi connectivity index (χ4v) is 3.21. The molecule has 1 aromatic rings. The monoisotopic (exact) mass is 331 g/mol. The van der Waals surface area contributed by atoms with E-state index in [1.807, 2.05) is 36.1 Å². The van der Waals surface area contributed by atoms with Crippen molar-refractivity contribution in [2.45, 2.75) is 25.9 Å². The van der Waals surface area contributed by atoms with E-state index in [0.717, 1.165) is 30.6 Å². The van der Waals surface area contributed by atoms with E-state index in [2.05, 4.69) is 5.32 Å². The van der Waals surface area contributed by atoms with Crippen molar-refractivity contribution in [3.05, 3.63) is 35.4 Å². The number of hydrogen-bond acceptors (Lipinski definition) is 3. The molecular formula is C18H25N3O3. The van der Waals surface area contributed by atoms with Crippen LogP contribution in [0.2, 0.25) is 0 Å². The Morgan fingerprint density at radius 1 is 1.17 bits per heavy atom. The third-order valence-corrected chi connectivity index (χ3v) is 4.73. The highest BCUT2D eigenvalue weighted by atomic mass is 16.5. The highest BCUT2D eigenvalue weighted by Gasteiger charge is 2.26. The molecule has 6 heteroatoms. The molecule has 2 aliphatic heterocycles. The molecule has 0 radical (unpaired) electrons. The summed E-state index contributed by atoms with van der Waals surface area (Å²) >= 11 is 0. The number of ether oxygens (including phenoxy) is 1. The Kier molecular flexibility index (Phi) is 5.35. The van der Waals surface area contributed by atoms with Crippen LogP contribution in [0.5, 0.6) is 0 Å². The van der Waals surface area contributed by atoms with Gasteiger partial charge in [0.1, 0.15) is 0 Å². The molecule has 24 heavy (non-hydrogen) atoms. The standard InChI is InChI=1S/C18H25N3O3/c1-14-5-2-3-7-16(14)17(22)20-8-10-21(11-9-20)18(23)19-13-15-6-4-12-24-15/h2-3,5,7,15H,4,6,8-13H2,1H3,(H,19,23). The number of carbonyl (C=O) groups excluding carboxylic acids is 2. The summed E-state index contributed by atoms with van der Waals surface area (Å²) in [6.07, 6.45) is 2.23. The second-order valence-electron chi connectivity index (χ2n) is 6.42. The Morgan fingerprint density at radius 3 is 2.54 bits per heavy atom. The molecule has 2 saturated heterocycles. The molecule has 1 aromatic carbocycles. The van der Waals surface area contributed by atoms with Gasteiger partial charge in [0.25, 0.3) is 5.91 Å². The predicted molar refractivity (Wildman–Crippen MR) is 91.0 cm³/mol. The first kappa shape index (κ1) is 16.8. The van der Waals surface area contributed by atoms with Gasteiger partial charge in [0.2, 0.25) is 0 Å². The van der Waals surface area contributed by atoms with Gasteiger partial charge in [-0.25, -0.2) is 4.79 Å². The molecular weight excluding hydrogens is 306 g/mol. The summed E-state index contributed by atoms with van der Waals surface area (Å²) in [5, 5.41) is 2.94. The summed E-state index contributed by atoms with van der Waals surface area (Å²) < 4.78 is 5.51. The van der Waals surface area contributed by atoms with Gasteiger partial charge in [-0.05, 0) is 31.4 Å². The molecule has 3 amide bonds. The first-order chi connectivity index (χ1) is 11.6. The second-order valence-corrected chi connectivity index (χ2v) is 6.42. The number of rotatable bonds is 3. The number of carbonyl (C=O) groups is 2. The van der Waals surface area contributed by atoms with Crippen molar-refractivity contribution in [2.75, 3.05) is 39.3 Å². The maximum atomic E-state index is 12.6. The van der Waals surface area contributed by atoms with Gasteiger partial charge in [0.05, 0.1) is 6.10 Å². The van der Waals surface area contributed by atoms with Gasteiger partial charge >= 0.3 is 6.03 Å². The zero-order valence-electron chi connectivity index (χ0n) is 14.2. The Morgan fingerprint density at radius 2 is 1.88 bits per heavy atom. The van der Waals surface area contributed by atoms with Crippen LogP contribution in [0.15, 0.2) is 24.3 Å². The van der Waals surface area contributed by atoms with Crippen LogP contribution in [0, 0.1) is 6.92 Å². The Hall–Kier alpha value is -2.08. The Bertz CT molecular complexity index is 591. The summed E-state index contributed by atoms with van der Waals surface area (Å²) in [4.78, 5) is 28.4. The molecule has 0 bridgehead atoms. The van der Waals surface area contributed by atoms with E-state index in [0.29, 0.717) is 32.7 Å². The lowest BCUT2D eigenvalue weighted by atomic mass is 10.1. The summed E-state index contributed by atoms with van der Waals surface area (Å²) in [6.45, 7) is 5.58. The van der Waals surface area contributed by atoms with Gasteiger partial charge in [-0.3, -0.25) is 4.79 Å². The van der Waals surface area contributed by atoms with E-state index in [4.69, 9.17) is 4.74 Å². The van der Waals surface area contributed by atoms with Crippen molar-refractivity contribution in [3.8, 4) is 0 Å². The Balaban J connectivity index is 1.47. The Labute approximate surface area is 142 Å². The number of nitrogens with one attached hydrogen (secondary N) is 1. The number of nitrogens with zero attached hydrogens (tertiary/aromatic N) is 2. The van der Waals surface area contributed by atoms with E-state index in [-0.39, 0.29) is 18.0 Å². The molecule has 6 nitrogen and oxygen atoms in total. The molecule has 1 N–H and O–H groups in total. The molecule has 0 aliphatic carbocycles. The third kappa shape index (κ3) is 3.87. The molecule has 0 spiro atoms. The van der Waals surface area contributed by atoms with Gasteiger partial charge in [-0.2, -0.15) is 0 Å². The molecule has 2 fully saturated rings. The van der Waals surface area contributed by atoms with Crippen molar-refractivity contribution in [2.24, 2.45) is 0 Å². The molecule has 1 atom stereocenters. The van der Waals surface area contributed by atoms with Crippen molar-refractivity contribution in [3.63, 3.8) is 0 Å². The lowest BCUT2D eigenvalue weighted by molar-refractivity contribution is 0.0659. The SMILES string of the molecule is Cc1ccccc1C(=O)N1CCN(C(=O)NCC2CCCO2)CC1. The summed E-state index contributed by atoms with van der Waals surface area (Å²) in [7, 11) is 0. The van der Waals surface area contributed by atoms with Gasteiger partial charge in [-0.15, -0.1) is 0 Å². The van der Waals surface area contributed by atoms with Crippen molar-refractivity contribution in [1.29, 1.82) is 0 Å². The molecule has 130 valence electrons. The highest BCUT2D eigenvalue weighted by Crippen LogP contribution is 2.13. The fourth-order valence-electron chi connectivity index (χ4n) is 3.21. The molecule has 1 unspecified atom stereocenters. The molecule has 0 aromatic heterocycles. The van der Waals surface area contributed by atoms with Crippen LogP contribution in [0.4, 0.5) is 4.79 Å². The lowest BCUT2D eigenvalue weighted by Gasteiger charge is -2.35. The van der Waals surface area contributed by atoms with Crippen LogP contribution < -0.4 is 5.32 Å². The quantitative estimate of drug-likeness (QED) is 0.916. The van der Waals surface area contributed by atoms with Crippen LogP contribution in [0.1, 0.15) is 28.8 Å². The maximum Gasteiger partial charge on any atom is 0.317 e. The van der Waals surface area contributed by atoms with Gasteiger partial charge in [0, 0.05) is 44.9 Å². The van der Waals surface area contributed by atoms with Gasteiger partial charge < -0.3 is 19.9 Å². The van der Waals surface area contributed by atoms with Crippen LogP contribution >= 0.6 is 0 Å². The minimum absolute atomic E-state index is 0.0486. The number of piperazine rings is 1. The molecule has 2 aliphatic rings. The normalized spacial score (nSPS) is 21.0. The predicted octanol–water partition coefficient (Wildman–Crippen LogP) is 1.64. The minimum atomic E-state index is -0.0616. The number of aryl methyl sites for hydroxylation is 1. The van der Waals surface area contributed by atoms with Gasteiger partial charge in [-0.1, -0.05) is 18.2 Å². The maximum absolute atomic E-state index is 12.6. The summed E-state index contributed by atoms with van der Waals surface area (Å²) in [6, 6.07) is 7.56. The van der Waals surface area contributed by atoms with E-state index in [1.165, 1.54) is 0 Å². The van der Waals surface area contributed by atoms with Gasteiger partial charge in [0.15, 0.2) is 0 Å². The topological polar surface area (TPSA) is 61.9 Å². The smallest absolute Gasteiger partial charge is 0.317 e. The van der Waals surface area contributed by atoms with Crippen LogP contribution in [-0.2, 0) is 4.74 Å². The fraction of sp³-hybridized carbons (Fsp3) is 0.556. The van der Waals surface area contributed by atoms with E-state index < -0.39 is 0 Å². The average Bonchev–Trinajstić information content (AvgIpc) is 3.13.